The van der Waals surface area contributed by atoms with Crippen LogP contribution < -0.4 is 23.1 Å². The maximum absolute atomic E-state index is 6.76. The maximum atomic E-state index is 6.76. The summed E-state index contributed by atoms with van der Waals surface area (Å²) >= 11 is 0. The first-order valence-corrected chi connectivity index (χ1v) is 18.3. The van der Waals surface area contributed by atoms with Crippen molar-refractivity contribution >= 4 is 28.8 Å². The van der Waals surface area contributed by atoms with E-state index in [0.717, 1.165) is 22.6 Å². The smallest absolute Gasteiger partial charge is 0.250 e. The molecule has 0 fully saturated rings. The quantitative estimate of drug-likeness (QED) is 0.240. The zero-order valence-electron chi connectivity index (χ0n) is 24.6. The van der Waals surface area contributed by atoms with Crippen LogP contribution in [0.5, 0.6) is 28.7 Å². The molecule has 0 aliphatic rings. The predicted molar refractivity (Wildman–Crippen MR) is 157 cm³/mol. The van der Waals surface area contributed by atoms with E-state index < -0.39 is 16.6 Å². The minimum Gasteiger partial charge on any atom is -0.541 e. The minimum absolute atomic E-state index is 0.0358. The third-order valence-electron chi connectivity index (χ3n) is 7.51. The molecule has 0 saturated carbocycles. The Morgan fingerprint density at radius 3 is 1.61 bits per heavy atom. The van der Waals surface area contributed by atoms with Crippen LogP contribution in [-0.4, -0.2) is 38.0 Å². The molecule has 36 heavy (non-hydrogen) atoms. The van der Waals surface area contributed by atoms with Crippen molar-refractivity contribution in [3.8, 4) is 28.7 Å². The third-order valence-corrected chi connectivity index (χ3v) is 16.2. The summed E-state index contributed by atoms with van der Waals surface area (Å²) in [6, 6.07) is 9.96. The highest BCUT2D eigenvalue weighted by Crippen LogP contribution is 2.46. The van der Waals surface area contributed by atoms with E-state index in [0.29, 0.717) is 17.2 Å². The molecule has 7 heteroatoms. The lowest BCUT2D eigenvalue weighted by Gasteiger charge is -2.37. The van der Waals surface area contributed by atoms with Crippen LogP contribution in [0.15, 0.2) is 30.3 Å². The van der Waals surface area contributed by atoms with Crippen LogP contribution in [0.25, 0.3) is 12.2 Å². The number of benzene rings is 2. The Morgan fingerprint density at radius 1 is 0.583 bits per heavy atom. The predicted octanol–water partition coefficient (Wildman–Crippen LogP) is 8.65. The van der Waals surface area contributed by atoms with Gasteiger partial charge in [0.25, 0.3) is 16.6 Å². The van der Waals surface area contributed by atoms with Crippen molar-refractivity contribution < 1.29 is 23.1 Å². The summed E-state index contributed by atoms with van der Waals surface area (Å²) in [6.45, 7) is 22.3. The van der Waals surface area contributed by atoms with Crippen molar-refractivity contribution in [3.63, 3.8) is 0 Å². The van der Waals surface area contributed by atoms with Crippen LogP contribution in [-0.2, 0) is 0 Å². The number of hydrogen-bond acceptors (Lipinski definition) is 5. The first kappa shape index (κ1) is 29.8. The van der Waals surface area contributed by atoms with Gasteiger partial charge in [0.1, 0.15) is 5.75 Å². The van der Waals surface area contributed by atoms with E-state index in [1.807, 2.05) is 30.3 Å². The van der Waals surface area contributed by atoms with Gasteiger partial charge >= 0.3 is 0 Å². The van der Waals surface area contributed by atoms with Crippen molar-refractivity contribution in [1.82, 2.24) is 0 Å². The van der Waals surface area contributed by atoms with E-state index in [1.165, 1.54) is 0 Å². The van der Waals surface area contributed by atoms with E-state index in [-0.39, 0.29) is 10.1 Å². The Bertz CT molecular complexity index is 1080. The highest BCUT2D eigenvalue weighted by atomic mass is 28.4. The second-order valence-electron chi connectivity index (χ2n) is 12.2. The lowest BCUT2D eigenvalue weighted by atomic mass is 10.1. The average molecular weight is 531 g/mol. The van der Waals surface area contributed by atoms with Crippen LogP contribution in [0.3, 0.4) is 0 Å². The normalized spacial score (nSPS) is 13.0. The Morgan fingerprint density at radius 2 is 1.11 bits per heavy atom. The standard InChI is InChI=1S/C29H46O5Si2/c1-28(2,3)35(10,11)33-25-20-21(15-18-23(25)30-7)14-16-22-17-19-24(31-8)27(32-9)26(22)34-36(12,13)29(4,5)6/h14-20H,1-13H3. The van der Waals surface area contributed by atoms with E-state index >= 15 is 0 Å². The molecule has 0 aliphatic carbocycles. The summed E-state index contributed by atoms with van der Waals surface area (Å²) in [7, 11) is 0.806. The zero-order chi connectivity index (χ0) is 27.5. The number of ether oxygens (including phenoxy) is 3. The van der Waals surface area contributed by atoms with Crippen LogP contribution in [0, 0.1) is 0 Å². The molecule has 200 valence electrons. The molecule has 0 aliphatic heterocycles. The van der Waals surface area contributed by atoms with Gasteiger partial charge in [0, 0.05) is 5.56 Å². The first-order valence-electron chi connectivity index (χ1n) is 12.5. The van der Waals surface area contributed by atoms with Gasteiger partial charge in [-0.15, -0.1) is 0 Å². The first-order chi connectivity index (χ1) is 16.5. The molecular weight excluding hydrogens is 484 g/mol. The molecule has 0 N–H and O–H groups in total. The third kappa shape index (κ3) is 6.68. The van der Waals surface area contributed by atoms with Crippen molar-refractivity contribution in [2.24, 2.45) is 0 Å². The lowest BCUT2D eigenvalue weighted by Crippen LogP contribution is -2.44. The summed E-state index contributed by atoms with van der Waals surface area (Å²) in [4.78, 5) is 0. The van der Waals surface area contributed by atoms with Crippen molar-refractivity contribution in [2.45, 2.75) is 77.8 Å². The van der Waals surface area contributed by atoms with Crippen molar-refractivity contribution in [1.29, 1.82) is 0 Å². The Labute approximate surface area is 221 Å². The fraction of sp³-hybridized carbons (Fsp3) is 0.517. The molecule has 0 heterocycles. The second kappa shape index (κ2) is 10.9. The molecule has 0 saturated heterocycles. The molecule has 2 aromatic carbocycles. The molecule has 0 unspecified atom stereocenters. The maximum Gasteiger partial charge on any atom is 0.250 e. The van der Waals surface area contributed by atoms with Crippen molar-refractivity contribution in [3.05, 3.63) is 41.5 Å². The van der Waals surface area contributed by atoms with Gasteiger partial charge in [0.2, 0.25) is 5.75 Å². The van der Waals surface area contributed by atoms with Gasteiger partial charge in [-0.2, -0.15) is 0 Å². The summed E-state index contributed by atoms with van der Waals surface area (Å²) in [5, 5.41) is 0.119. The zero-order valence-corrected chi connectivity index (χ0v) is 26.6. The molecule has 0 bridgehead atoms. The van der Waals surface area contributed by atoms with Gasteiger partial charge in [0.15, 0.2) is 17.2 Å². The topological polar surface area (TPSA) is 46.2 Å². The fourth-order valence-electron chi connectivity index (χ4n) is 3.05. The fourth-order valence-corrected chi connectivity index (χ4v) is 5.09. The molecule has 0 radical (unpaired) electrons. The highest BCUT2D eigenvalue weighted by Gasteiger charge is 2.41. The molecular formula is C29H46O5Si2. The Kier molecular flexibility index (Phi) is 9.06. The van der Waals surface area contributed by atoms with Crippen molar-refractivity contribution in [2.75, 3.05) is 21.3 Å². The lowest BCUT2D eigenvalue weighted by molar-refractivity contribution is 0.340. The van der Waals surface area contributed by atoms with Crippen LogP contribution >= 0.6 is 0 Å². The van der Waals surface area contributed by atoms with E-state index in [9.17, 15) is 0 Å². The molecule has 2 rings (SSSR count). The van der Waals surface area contributed by atoms with Gasteiger partial charge in [-0.25, -0.2) is 0 Å². The largest absolute Gasteiger partial charge is 0.541 e. The minimum atomic E-state index is -2.14. The molecule has 0 spiro atoms. The van der Waals surface area contributed by atoms with E-state index in [2.05, 4.69) is 79.9 Å². The molecule has 2 aromatic rings. The van der Waals surface area contributed by atoms with Crippen LogP contribution in [0.2, 0.25) is 36.3 Å². The molecule has 0 aromatic heterocycles. The summed E-state index contributed by atoms with van der Waals surface area (Å²) in [5.74, 6) is 3.49. The number of hydrogen-bond donors (Lipinski definition) is 0. The van der Waals surface area contributed by atoms with Crippen LogP contribution in [0.1, 0.15) is 52.7 Å². The summed E-state index contributed by atoms with van der Waals surface area (Å²) < 4.78 is 30.3. The average Bonchev–Trinajstić information content (AvgIpc) is 2.76. The molecule has 0 amide bonds. The van der Waals surface area contributed by atoms with Gasteiger partial charge in [-0.3, -0.25) is 0 Å². The summed E-state index contributed by atoms with van der Waals surface area (Å²) in [6.07, 6.45) is 4.13. The van der Waals surface area contributed by atoms with Gasteiger partial charge in [0.05, 0.1) is 21.3 Å². The van der Waals surface area contributed by atoms with E-state index in [4.69, 9.17) is 23.1 Å². The summed E-state index contributed by atoms with van der Waals surface area (Å²) in [5.41, 5.74) is 1.94. The number of rotatable bonds is 9. The van der Waals surface area contributed by atoms with Gasteiger partial charge in [-0.05, 0) is 66.1 Å². The highest BCUT2D eigenvalue weighted by molar-refractivity contribution is 6.75. The van der Waals surface area contributed by atoms with Gasteiger partial charge < -0.3 is 23.1 Å². The molecule has 5 nitrogen and oxygen atoms in total. The monoisotopic (exact) mass is 530 g/mol. The van der Waals surface area contributed by atoms with Crippen LogP contribution in [0.4, 0.5) is 0 Å². The van der Waals surface area contributed by atoms with Gasteiger partial charge in [-0.1, -0.05) is 59.8 Å². The second-order valence-corrected chi connectivity index (χ2v) is 21.6. The number of methoxy groups -OCH3 is 3. The SMILES string of the molecule is COc1ccc(C=Cc2ccc(OC)c(OC)c2O[Si](C)(C)C(C)(C)C)cc1O[Si](C)(C)C(C)(C)C. The Balaban J connectivity index is 2.55. The Hall–Kier alpha value is -2.39. The van der Waals surface area contributed by atoms with E-state index in [1.54, 1.807) is 21.3 Å². The molecule has 0 atom stereocenters.